The summed E-state index contributed by atoms with van der Waals surface area (Å²) in [6.45, 7) is 2.74. The lowest BCUT2D eigenvalue weighted by atomic mass is 9.97. The summed E-state index contributed by atoms with van der Waals surface area (Å²) in [6.07, 6.45) is 1.67. The minimum Gasteiger partial charge on any atom is -0.379 e. The SMILES string of the molecule is CC(Nc1cccc(C2CNC(=O)C2)c1)c1ccc(NS(C)(=O)=O)cc1. The molecule has 0 spiro atoms. The van der Waals surface area contributed by atoms with E-state index in [1.807, 2.05) is 37.3 Å². The van der Waals surface area contributed by atoms with E-state index in [1.54, 1.807) is 12.1 Å². The van der Waals surface area contributed by atoms with Gasteiger partial charge in [-0.15, -0.1) is 0 Å². The smallest absolute Gasteiger partial charge is 0.229 e. The summed E-state index contributed by atoms with van der Waals surface area (Å²) in [5.41, 5.74) is 3.73. The molecule has 1 aliphatic rings. The van der Waals surface area contributed by atoms with E-state index in [1.165, 1.54) is 0 Å². The second kappa shape index (κ2) is 7.37. The van der Waals surface area contributed by atoms with Crippen LogP contribution in [0.15, 0.2) is 48.5 Å². The highest BCUT2D eigenvalue weighted by atomic mass is 32.2. The molecule has 2 aromatic carbocycles. The first-order valence-corrected chi connectivity index (χ1v) is 10.4. The van der Waals surface area contributed by atoms with Crippen molar-refractivity contribution >= 4 is 27.3 Å². The van der Waals surface area contributed by atoms with Gasteiger partial charge in [-0.25, -0.2) is 8.42 Å². The van der Waals surface area contributed by atoms with Crippen molar-refractivity contribution in [1.29, 1.82) is 0 Å². The molecule has 2 unspecified atom stereocenters. The topological polar surface area (TPSA) is 87.3 Å². The molecule has 1 amide bonds. The van der Waals surface area contributed by atoms with Crippen LogP contribution in [0.5, 0.6) is 0 Å². The molecule has 7 heteroatoms. The Balaban J connectivity index is 1.68. The quantitative estimate of drug-likeness (QED) is 0.727. The van der Waals surface area contributed by atoms with Crippen LogP contribution < -0.4 is 15.4 Å². The molecule has 6 nitrogen and oxygen atoms in total. The van der Waals surface area contributed by atoms with E-state index >= 15 is 0 Å². The molecule has 2 atom stereocenters. The lowest BCUT2D eigenvalue weighted by Crippen LogP contribution is -2.13. The average molecular weight is 373 g/mol. The first-order chi connectivity index (χ1) is 12.3. The fraction of sp³-hybridized carbons (Fsp3) is 0.316. The number of carbonyl (C=O) groups excluding carboxylic acids is 1. The third kappa shape index (κ3) is 4.76. The maximum absolute atomic E-state index is 11.4. The van der Waals surface area contributed by atoms with Crippen LogP contribution in [0.4, 0.5) is 11.4 Å². The number of nitrogens with one attached hydrogen (secondary N) is 3. The molecule has 1 fully saturated rings. The molecule has 0 bridgehead atoms. The van der Waals surface area contributed by atoms with Crippen molar-refractivity contribution in [2.24, 2.45) is 0 Å². The molecule has 0 saturated carbocycles. The van der Waals surface area contributed by atoms with Gasteiger partial charge in [0.2, 0.25) is 15.9 Å². The van der Waals surface area contributed by atoms with Crippen molar-refractivity contribution in [2.45, 2.75) is 25.3 Å². The molecule has 3 N–H and O–H groups in total. The van der Waals surface area contributed by atoms with E-state index in [2.05, 4.69) is 21.4 Å². The third-order valence-electron chi connectivity index (χ3n) is 4.43. The van der Waals surface area contributed by atoms with E-state index in [4.69, 9.17) is 0 Å². The van der Waals surface area contributed by atoms with Crippen molar-refractivity contribution < 1.29 is 13.2 Å². The Kier molecular flexibility index (Phi) is 5.18. The van der Waals surface area contributed by atoms with Gasteiger partial charge in [0.15, 0.2) is 0 Å². The number of sulfonamides is 1. The molecule has 138 valence electrons. The first kappa shape index (κ1) is 18.3. The number of rotatable bonds is 6. The number of hydrogen-bond acceptors (Lipinski definition) is 4. The fourth-order valence-corrected chi connectivity index (χ4v) is 3.67. The number of carbonyl (C=O) groups is 1. The number of anilines is 2. The molecule has 0 aliphatic carbocycles. The van der Waals surface area contributed by atoms with Gasteiger partial charge in [0.05, 0.1) is 6.26 Å². The maximum Gasteiger partial charge on any atom is 0.229 e. The summed E-state index contributed by atoms with van der Waals surface area (Å²) in [6, 6.07) is 15.5. The Hall–Kier alpha value is -2.54. The summed E-state index contributed by atoms with van der Waals surface area (Å²) in [5.74, 6) is 0.324. The van der Waals surface area contributed by atoms with Crippen LogP contribution in [0.1, 0.15) is 36.4 Å². The van der Waals surface area contributed by atoms with E-state index < -0.39 is 10.0 Å². The fourth-order valence-electron chi connectivity index (χ4n) is 3.11. The van der Waals surface area contributed by atoms with Gasteiger partial charge in [-0.1, -0.05) is 24.3 Å². The Labute approximate surface area is 154 Å². The van der Waals surface area contributed by atoms with Gasteiger partial charge in [-0.05, 0) is 42.3 Å². The largest absolute Gasteiger partial charge is 0.379 e. The van der Waals surface area contributed by atoms with Crippen LogP contribution in [-0.4, -0.2) is 27.1 Å². The molecular weight excluding hydrogens is 350 g/mol. The van der Waals surface area contributed by atoms with Crippen LogP contribution in [0, 0.1) is 0 Å². The van der Waals surface area contributed by atoms with Crippen molar-refractivity contribution in [2.75, 3.05) is 22.8 Å². The zero-order chi connectivity index (χ0) is 18.7. The van der Waals surface area contributed by atoms with Crippen molar-refractivity contribution in [3.63, 3.8) is 0 Å². The zero-order valence-corrected chi connectivity index (χ0v) is 15.6. The normalized spacial score (nSPS) is 18.2. The summed E-state index contributed by atoms with van der Waals surface area (Å²) < 4.78 is 25.0. The number of hydrogen-bond donors (Lipinski definition) is 3. The standard InChI is InChI=1S/C19H23N3O3S/c1-13(14-6-8-17(9-7-14)22-26(2,24)25)21-18-5-3-4-15(10-18)16-11-19(23)20-12-16/h3-10,13,16,21-22H,11-12H2,1-2H3,(H,20,23). The van der Waals surface area contributed by atoms with Crippen molar-refractivity contribution in [1.82, 2.24) is 5.32 Å². The van der Waals surface area contributed by atoms with E-state index in [9.17, 15) is 13.2 Å². The third-order valence-corrected chi connectivity index (χ3v) is 5.04. The minimum absolute atomic E-state index is 0.0564. The Morgan fingerprint density at radius 3 is 2.46 bits per heavy atom. The van der Waals surface area contributed by atoms with Gasteiger partial charge in [-0.2, -0.15) is 0 Å². The Morgan fingerprint density at radius 1 is 1.12 bits per heavy atom. The van der Waals surface area contributed by atoms with Crippen LogP contribution in [-0.2, 0) is 14.8 Å². The maximum atomic E-state index is 11.4. The Bertz CT molecular complexity index is 895. The first-order valence-electron chi connectivity index (χ1n) is 8.51. The molecule has 2 aromatic rings. The van der Waals surface area contributed by atoms with Crippen LogP contribution in [0.25, 0.3) is 0 Å². The average Bonchev–Trinajstić information content (AvgIpc) is 3.01. The summed E-state index contributed by atoms with van der Waals surface area (Å²) in [7, 11) is -3.27. The molecule has 26 heavy (non-hydrogen) atoms. The van der Waals surface area contributed by atoms with Gasteiger partial charge < -0.3 is 10.6 Å². The molecule has 1 aliphatic heterocycles. The number of amides is 1. The van der Waals surface area contributed by atoms with E-state index in [0.717, 1.165) is 23.1 Å². The Morgan fingerprint density at radius 2 is 1.85 bits per heavy atom. The van der Waals surface area contributed by atoms with Crippen LogP contribution >= 0.6 is 0 Å². The molecule has 0 aromatic heterocycles. The molecule has 3 rings (SSSR count). The molecular formula is C19H23N3O3S. The monoisotopic (exact) mass is 373 g/mol. The number of benzene rings is 2. The lowest BCUT2D eigenvalue weighted by Gasteiger charge is -2.18. The molecule has 1 heterocycles. The summed E-state index contributed by atoms with van der Waals surface area (Å²) >= 11 is 0. The van der Waals surface area contributed by atoms with Gasteiger partial charge >= 0.3 is 0 Å². The van der Waals surface area contributed by atoms with Gasteiger partial charge in [0, 0.05) is 36.3 Å². The molecule has 0 radical (unpaired) electrons. The van der Waals surface area contributed by atoms with Crippen LogP contribution in [0.3, 0.4) is 0 Å². The second-order valence-electron chi connectivity index (χ2n) is 6.69. The highest BCUT2D eigenvalue weighted by Crippen LogP contribution is 2.27. The second-order valence-corrected chi connectivity index (χ2v) is 8.44. The molecule has 1 saturated heterocycles. The highest BCUT2D eigenvalue weighted by molar-refractivity contribution is 7.92. The van der Waals surface area contributed by atoms with E-state index in [-0.39, 0.29) is 17.9 Å². The minimum atomic E-state index is -3.27. The van der Waals surface area contributed by atoms with Gasteiger partial charge in [0.1, 0.15) is 0 Å². The predicted molar refractivity (Wildman–Crippen MR) is 104 cm³/mol. The summed E-state index contributed by atoms with van der Waals surface area (Å²) in [5, 5.41) is 6.32. The highest BCUT2D eigenvalue weighted by Gasteiger charge is 2.23. The van der Waals surface area contributed by atoms with Crippen molar-refractivity contribution in [3.8, 4) is 0 Å². The van der Waals surface area contributed by atoms with Crippen LogP contribution in [0.2, 0.25) is 0 Å². The van der Waals surface area contributed by atoms with Crippen molar-refractivity contribution in [3.05, 3.63) is 59.7 Å². The lowest BCUT2D eigenvalue weighted by molar-refractivity contribution is -0.119. The van der Waals surface area contributed by atoms with E-state index in [0.29, 0.717) is 18.7 Å². The van der Waals surface area contributed by atoms with Gasteiger partial charge in [-0.3, -0.25) is 9.52 Å². The predicted octanol–water partition coefficient (Wildman–Crippen LogP) is 2.83. The summed E-state index contributed by atoms with van der Waals surface area (Å²) in [4.78, 5) is 11.4. The van der Waals surface area contributed by atoms with Gasteiger partial charge in [0.25, 0.3) is 0 Å². The zero-order valence-electron chi connectivity index (χ0n) is 14.8.